The van der Waals surface area contributed by atoms with Gasteiger partial charge in [-0.15, -0.1) is 0 Å². The van der Waals surface area contributed by atoms with E-state index < -0.39 is 11.6 Å². The molecule has 0 aliphatic carbocycles. The van der Waals surface area contributed by atoms with Crippen LogP contribution in [0.3, 0.4) is 0 Å². The lowest BCUT2D eigenvalue weighted by atomic mass is 10.2. The zero-order valence-electron chi connectivity index (χ0n) is 10.9. The van der Waals surface area contributed by atoms with E-state index in [-0.39, 0.29) is 12.2 Å². The standard InChI is InChI=1S/C15H14BrF2NO/c1-19-8-10-4-2-5-12(16)15(10)20-9-11-13(17)6-3-7-14(11)18/h2-7,19H,8-9H2,1H3. The number of halogens is 3. The molecule has 0 atom stereocenters. The molecule has 0 aliphatic rings. The quantitative estimate of drug-likeness (QED) is 0.886. The lowest BCUT2D eigenvalue weighted by Gasteiger charge is -2.14. The van der Waals surface area contributed by atoms with Gasteiger partial charge in [-0.3, -0.25) is 0 Å². The minimum atomic E-state index is -0.604. The van der Waals surface area contributed by atoms with Crippen LogP contribution in [0.25, 0.3) is 0 Å². The molecule has 0 aliphatic heterocycles. The second kappa shape index (κ2) is 6.81. The van der Waals surface area contributed by atoms with E-state index in [1.807, 2.05) is 25.2 Å². The Morgan fingerprint density at radius 1 is 1.10 bits per heavy atom. The van der Waals surface area contributed by atoms with Crippen molar-refractivity contribution < 1.29 is 13.5 Å². The van der Waals surface area contributed by atoms with Gasteiger partial charge in [-0.2, -0.15) is 0 Å². The van der Waals surface area contributed by atoms with Gasteiger partial charge >= 0.3 is 0 Å². The Morgan fingerprint density at radius 2 is 1.75 bits per heavy atom. The van der Waals surface area contributed by atoms with Crippen LogP contribution in [-0.4, -0.2) is 7.05 Å². The molecule has 2 rings (SSSR count). The fourth-order valence-corrected chi connectivity index (χ4v) is 2.38. The van der Waals surface area contributed by atoms with Crippen LogP contribution in [0.1, 0.15) is 11.1 Å². The number of hydrogen-bond acceptors (Lipinski definition) is 2. The van der Waals surface area contributed by atoms with Crippen molar-refractivity contribution in [2.24, 2.45) is 0 Å². The van der Waals surface area contributed by atoms with Crippen molar-refractivity contribution in [3.63, 3.8) is 0 Å². The summed E-state index contributed by atoms with van der Waals surface area (Å²) in [6, 6.07) is 9.37. The molecule has 0 aromatic heterocycles. The SMILES string of the molecule is CNCc1cccc(Br)c1OCc1c(F)cccc1F. The molecule has 0 radical (unpaired) electrons. The summed E-state index contributed by atoms with van der Waals surface area (Å²) < 4.78 is 33.5. The van der Waals surface area contributed by atoms with E-state index in [0.717, 1.165) is 10.0 Å². The smallest absolute Gasteiger partial charge is 0.138 e. The number of para-hydroxylation sites is 1. The Labute approximate surface area is 124 Å². The van der Waals surface area contributed by atoms with Crippen molar-refractivity contribution in [2.45, 2.75) is 13.2 Å². The third-order valence-electron chi connectivity index (χ3n) is 2.84. The lowest BCUT2D eigenvalue weighted by molar-refractivity contribution is 0.287. The van der Waals surface area contributed by atoms with E-state index >= 15 is 0 Å². The molecular formula is C15H14BrF2NO. The Kier molecular flexibility index (Phi) is 5.09. The largest absolute Gasteiger partial charge is 0.487 e. The van der Waals surface area contributed by atoms with Gasteiger partial charge in [0, 0.05) is 12.1 Å². The van der Waals surface area contributed by atoms with Crippen LogP contribution >= 0.6 is 15.9 Å². The normalized spacial score (nSPS) is 10.6. The van der Waals surface area contributed by atoms with Crippen molar-refractivity contribution in [1.29, 1.82) is 0 Å². The lowest BCUT2D eigenvalue weighted by Crippen LogP contribution is -2.09. The molecular weight excluding hydrogens is 328 g/mol. The van der Waals surface area contributed by atoms with Crippen molar-refractivity contribution in [3.05, 3.63) is 63.6 Å². The first-order valence-electron chi connectivity index (χ1n) is 6.11. The van der Waals surface area contributed by atoms with Crippen LogP contribution in [0.5, 0.6) is 5.75 Å². The highest BCUT2D eigenvalue weighted by atomic mass is 79.9. The number of nitrogens with one attached hydrogen (secondary N) is 1. The zero-order valence-corrected chi connectivity index (χ0v) is 12.5. The van der Waals surface area contributed by atoms with Crippen LogP contribution in [0.4, 0.5) is 8.78 Å². The molecule has 0 spiro atoms. The fourth-order valence-electron chi connectivity index (χ4n) is 1.86. The molecule has 1 N–H and O–H groups in total. The second-order valence-electron chi connectivity index (χ2n) is 4.25. The summed E-state index contributed by atoms with van der Waals surface area (Å²) in [6.07, 6.45) is 0. The van der Waals surface area contributed by atoms with Gasteiger partial charge in [0.05, 0.1) is 10.0 Å². The molecule has 0 amide bonds. The first-order chi connectivity index (χ1) is 9.63. The summed E-state index contributed by atoms with van der Waals surface area (Å²) in [7, 11) is 1.82. The minimum absolute atomic E-state index is 0.0707. The Bertz CT molecular complexity index is 584. The van der Waals surface area contributed by atoms with Gasteiger partial charge in [0.1, 0.15) is 24.0 Å². The molecule has 0 unspecified atom stereocenters. The number of rotatable bonds is 5. The van der Waals surface area contributed by atoms with Crippen molar-refractivity contribution >= 4 is 15.9 Å². The van der Waals surface area contributed by atoms with Gasteiger partial charge in [0.15, 0.2) is 0 Å². The highest BCUT2D eigenvalue weighted by molar-refractivity contribution is 9.10. The fraction of sp³-hybridized carbons (Fsp3) is 0.200. The van der Waals surface area contributed by atoms with Crippen molar-refractivity contribution in [3.8, 4) is 5.75 Å². The molecule has 5 heteroatoms. The molecule has 0 heterocycles. The van der Waals surface area contributed by atoms with Gasteiger partial charge in [-0.05, 0) is 41.2 Å². The van der Waals surface area contributed by atoms with Crippen LogP contribution in [0.2, 0.25) is 0 Å². The maximum atomic E-state index is 13.6. The van der Waals surface area contributed by atoms with E-state index in [1.54, 1.807) is 0 Å². The first-order valence-corrected chi connectivity index (χ1v) is 6.90. The molecule has 2 aromatic rings. The minimum Gasteiger partial charge on any atom is -0.487 e. The first kappa shape index (κ1) is 14.9. The van der Waals surface area contributed by atoms with Gasteiger partial charge in [0.2, 0.25) is 0 Å². The summed E-state index contributed by atoms with van der Waals surface area (Å²) >= 11 is 3.39. The maximum absolute atomic E-state index is 13.6. The molecule has 0 fully saturated rings. The molecule has 0 saturated heterocycles. The molecule has 2 aromatic carbocycles. The van der Waals surface area contributed by atoms with E-state index in [2.05, 4.69) is 21.2 Å². The summed E-state index contributed by atoms with van der Waals surface area (Å²) in [5.41, 5.74) is 0.845. The third kappa shape index (κ3) is 3.35. The van der Waals surface area contributed by atoms with Gasteiger partial charge in [-0.1, -0.05) is 18.2 Å². The van der Waals surface area contributed by atoms with Crippen LogP contribution in [0.15, 0.2) is 40.9 Å². The van der Waals surface area contributed by atoms with E-state index in [1.165, 1.54) is 18.2 Å². The van der Waals surface area contributed by atoms with Gasteiger partial charge in [-0.25, -0.2) is 8.78 Å². The summed E-state index contributed by atoms with van der Waals surface area (Å²) in [5.74, 6) is -0.621. The molecule has 0 bridgehead atoms. The summed E-state index contributed by atoms with van der Waals surface area (Å²) in [6.45, 7) is 0.451. The zero-order chi connectivity index (χ0) is 14.5. The van der Waals surface area contributed by atoms with E-state index in [4.69, 9.17) is 4.74 Å². The Balaban J connectivity index is 2.23. The monoisotopic (exact) mass is 341 g/mol. The average molecular weight is 342 g/mol. The topological polar surface area (TPSA) is 21.3 Å². The van der Waals surface area contributed by atoms with Gasteiger partial charge in [0.25, 0.3) is 0 Å². The van der Waals surface area contributed by atoms with Crippen molar-refractivity contribution in [1.82, 2.24) is 5.32 Å². The summed E-state index contributed by atoms with van der Waals surface area (Å²) in [4.78, 5) is 0. The number of benzene rings is 2. The maximum Gasteiger partial charge on any atom is 0.138 e. The predicted octanol–water partition coefficient (Wildman–Crippen LogP) is 4.03. The van der Waals surface area contributed by atoms with Gasteiger partial charge < -0.3 is 10.1 Å². The van der Waals surface area contributed by atoms with Crippen LogP contribution in [-0.2, 0) is 13.2 Å². The molecule has 20 heavy (non-hydrogen) atoms. The highest BCUT2D eigenvalue weighted by Gasteiger charge is 2.12. The highest BCUT2D eigenvalue weighted by Crippen LogP contribution is 2.30. The van der Waals surface area contributed by atoms with E-state index in [9.17, 15) is 8.78 Å². The average Bonchev–Trinajstić information content (AvgIpc) is 2.41. The van der Waals surface area contributed by atoms with E-state index in [0.29, 0.717) is 12.3 Å². The second-order valence-corrected chi connectivity index (χ2v) is 5.10. The third-order valence-corrected chi connectivity index (χ3v) is 3.46. The van der Waals surface area contributed by atoms with Crippen LogP contribution < -0.4 is 10.1 Å². The van der Waals surface area contributed by atoms with Crippen LogP contribution in [0, 0.1) is 11.6 Å². The summed E-state index contributed by atoms with van der Waals surface area (Å²) in [5, 5.41) is 3.02. The molecule has 0 saturated carbocycles. The Hall–Kier alpha value is -1.46. The number of ether oxygens (including phenoxy) is 1. The molecule has 2 nitrogen and oxygen atoms in total. The van der Waals surface area contributed by atoms with Crippen molar-refractivity contribution in [2.75, 3.05) is 7.05 Å². The number of hydrogen-bond donors (Lipinski definition) is 1. The predicted molar refractivity (Wildman–Crippen MR) is 77.6 cm³/mol. The molecule has 106 valence electrons. The Morgan fingerprint density at radius 3 is 2.40 bits per heavy atom.